The lowest BCUT2D eigenvalue weighted by molar-refractivity contribution is 0.0273. The SMILES string of the molecule is CC1=CC(C)CC(C2C[C@@H](O)c3cc(Cl)ccc3O2)C1. The number of hydrogen-bond donors (Lipinski definition) is 1. The highest BCUT2D eigenvalue weighted by atomic mass is 35.5. The van der Waals surface area contributed by atoms with Crippen molar-refractivity contribution in [2.45, 2.75) is 45.3 Å². The van der Waals surface area contributed by atoms with Gasteiger partial charge in [-0.25, -0.2) is 0 Å². The molecule has 20 heavy (non-hydrogen) atoms. The molecule has 108 valence electrons. The van der Waals surface area contributed by atoms with Crippen molar-refractivity contribution >= 4 is 11.6 Å². The largest absolute Gasteiger partial charge is 0.490 e. The van der Waals surface area contributed by atoms with Crippen LogP contribution in [0.3, 0.4) is 0 Å². The Morgan fingerprint density at radius 1 is 1.30 bits per heavy atom. The van der Waals surface area contributed by atoms with Gasteiger partial charge in [0.1, 0.15) is 11.9 Å². The fourth-order valence-corrected chi connectivity index (χ4v) is 3.79. The number of halogens is 1. The predicted molar refractivity (Wildman–Crippen MR) is 81.1 cm³/mol. The zero-order chi connectivity index (χ0) is 14.3. The van der Waals surface area contributed by atoms with Crippen LogP contribution >= 0.6 is 11.6 Å². The third kappa shape index (κ3) is 2.72. The van der Waals surface area contributed by atoms with Crippen molar-refractivity contribution < 1.29 is 9.84 Å². The predicted octanol–water partition coefficient (Wildman–Crippen LogP) is 4.52. The molecule has 0 amide bonds. The maximum absolute atomic E-state index is 10.4. The van der Waals surface area contributed by atoms with Gasteiger partial charge in [-0.05, 0) is 43.9 Å². The molecule has 2 aliphatic rings. The number of fused-ring (bicyclic) bond motifs is 1. The highest BCUT2D eigenvalue weighted by Crippen LogP contribution is 2.42. The number of hydrogen-bond acceptors (Lipinski definition) is 2. The van der Waals surface area contributed by atoms with Crippen LogP contribution in [-0.4, -0.2) is 11.2 Å². The van der Waals surface area contributed by atoms with Crippen molar-refractivity contribution in [3.05, 3.63) is 40.4 Å². The van der Waals surface area contributed by atoms with E-state index in [2.05, 4.69) is 19.9 Å². The Morgan fingerprint density at radius 3 is 2.85 bits per heavy atom. The van der Waals surface area contributed by atoms with Gasteiger partial charge in [0, 0.05) is 22.9 Å². The fourth-order valence-electron chi connectivity index (χ4n) is 3.61. The van der Waals surface area contributed by atoms with Gasteiger partial charge in [-0.1, -0.05) is 30.2 Å². The van der Waals surface area contributed by atoms with Crippen LogP contribution in [0.2, 0.25) is 5.02 Å². The molecule has 1 heterocycles. The number of ether oxygens (including phenoxy) is 1. The quantitative estimate of drug-likeness (QED) is 0.771. The molecule has 0 bridgehead atoms. The van der Waals surface area contributed by atoms with Crippen molar-refractivity contribution in [2.75, 3.05) is 0 Å². The van der Waals surface area contributed by atoms with E-state index in [0.29, 0.717) is 23.3 Å². The number of rotatable bonds is 1. The van der Waals surface area contributed by atoms with E-state index in [4.69, 9.17) is 16.3 Å². The molecule has 1 aromatic carbocycles. The Balaban J connectivity index is 1.81. The molecule has 0 fully saturated rings. The van der Waals surface area contributed by atoms with Gasteiger partial charge in [0.2, 0.25) is 0 Å². The van der Waals surface area contributed by atoms with E-state index in [-0.39, 0.29) is 6.10 Å². The lowest BCUT2D eigenvalue weighted by atomic mass is 9.78. The zero-order valence-corrected chi connectivity index (χ0v) is 12.7. The second-order valence-electron chi connectivity index (χ2n) is 6.28. The summed E-state index contributed by atoms with van der Waals surface area (Å²) in [6, 6.07) is 5.51. The molecule has 3 unspecified atom stereocenters. The van der Waals surface area contributed by atoms with E-state index in [1.54, 1.807) is 0 Å². The van der Waals surface area contributed by atoms with Crippen LogP contribution in [0.5, 0.6) is 5.75 Å². The van der Waals surface area contributed by atoms with Gasteiger partial charge in [-0.2, -0.15) is 0 Å². The molecule has 0 aromatic heterocycles. The van der Waals surface area contributed by atoms with E-state index >= 15 is 0 Å². The van der Waals surface area contributed by atoms with Crippen LogP contribution < -0.4 is 4.74 Å². The van der Waals surface area contributed by atoms with E-state index in [1.165, 1.54) is 5.57 Å². The summed E-state index contributed by atoms with van der Waals surface area (Å²) < 4.78 is 6.15. The van der Waals surface area contributed by atoms with Gasteiger partial charge in [0.25, 0.3) is 0 Å². The summed E-state index contributed by atoms with van der Waals surface area (Å²) in [6.45, 7) is 4.44. The van der Waals surface area contributed by atoms with Gasteiger partial charge in [0.15, 0.2) is 0 Å². The average Bonchev–Trinajstić information content (AvgIpc) is 2.38. The molecule has 1 N–H and O–H groups in total. The van der Waals surface area contributed by atoms with E-state index < -0.39 is 6.10 Å². The molecule has 3 rings (SSSR count). The Kier molecular flexibility index (Phi) is 3.78. The van der Waals surface area contributed by atoms with Crippen LogP contribution in [0.4, 0.5) is 0 Å². The smallest absolute Gasteiger partial charge is 0.125 e. The van der Waals surface area contributed by atoms with Gasteiger partial charge in [-0.3, -0.25) is 0 Å². The summed E-state index contributed by atoms with van der Waals surface area (Å²) in [7, 11) is 0. The minimum absolute atomic E-state index is 0.102. The first-order valence-electron chi connectivity index (χ1n) is 7.34. The van der Waals surface area contributed by atoms with Crippen LogP contribution in [0.1, 0.15) is 44.8 Å². The first kappa shape index (κ1) is 14.0. The van der Waals surface area contributed by atoms with Crippen molar-refractivity contribution in [2.24, 2.45) is 11.8 Å². The molecule has 0 radical (unpaired) electrons. The molecular formula is C17H21ClO2. The second-order valence-corrected chi connectivity index (χ2v) is 6.72. The van der Waals surface area contributed by atoms with Gasteiger partial charge in [0.05, 0.1) is 6.10 Å². The van der Waals surface area contributed by atoms with Crippen LogP contribution in [-0.2, 0) is 0 Å². The minimum Gasteiger partial charge on any atom is -0.490 e. The Bertz CT molecular complexity index is 538. The van der Waals surface area contributed by atoms with Gasteiger partial charge >= 0.3 is 0 Å². The highest BCUT2D eigenvalue weighted by molar-refractivity contribution is 6.30. The normalized spacial score (nSPS) is 33.1. The average molecular weight is 293 g/mol. The molecule has 2 nitrogen and oxygen atoms in total. The third-order valence-corrected chi connectivity index (χ3v) is 4.65. The van der Waals surface area contributed by atoms with E-state index in [1.807, 2.05) is 18.2 Å². The topological polar surface area (TPSA) is 29.5 Å². The fraction of sp³-hybridized carbons (Fsp3) is 0.529. The Labute approximate surface area is 125 Å². The van der Waals surface area contributed by atoms with Gasteiger partial charge in [-0.15, -0.1) is 0 Å². The van der Waals surface area contributed by atoms with E-state index in [9.17, 15) is 5.11 Å². The minimum atomic E-state index is -0.469. The van der Waals surface area contributed by atoms with Crippen molar-refractivity contribution in [1.29, 1.82) is 0 Å². The Morgan fingerprint density at radius 2 is 2.10 bits per heavy atom. The van der Waals surface area contributed by atoms with Crippen molar-refractivity contribution in [3.63, 3.8) is 0 Å². The third-order valence-electron chi connectivity index (χ3n) is 4.42. The summed E-state index contributed by atoms with van der Waals surface area (Å²) in [4.78, 5) is 0. The van der Waals surface area contributed by atoms with Crippen LogP contribution in [0.25, 0.3) is 0 Å². The lowest BCUT2D eigenvalue weighted by Crippen LogP contribution is -2.35. The van der Waals surface area contributed by atoms with E-state index in [0.717, 1.165) is 24.2 Å². The molecule has 0 spiro atoms. The van der Waals surface area contributed by atoms with Crippen LogP contribution in [0.15, 0.2) is 29.8 Å². The molecule has 0 saturated carbocycles. The number of aliphatic hydroxyl groups excluding tert-OH is 1. The summed E-state index contributed by atoms with van der Waals surface area (Å²) in [5.74, 6) is 1.88. The molecule has 0 saturated heterocycles. The lowest BCUT2D eigenvalue weighted by Gasteiger charge is -2.37. The highest BCUT2D eigenvalue weighted by Gasteiger charge is 2.34. The molecule has 1 aromatic rings. The molecule has 1 aliphatic heterocycles. The summed E-state index contributed by atoms with van der Waals surface area (Å²) >= 11 is 5.99. The first-order chi connectivity index (χ1) is 9.52. The second kappa shape index (κ2) is 5.42. The Hall–Kier alpha value is -0.990. The number of benzene rings is 1. The van der Waals surface area contributed by atoms with Crippen molar-refractivity contribution in [1.82, 2.24) is 0 Å². The molecule has 4 atom stereocenters. The maximum Gasteiger partial charge on any atom is 0.125 e. The number of allylic oxidation sites excluding steroid dienone is 2. The first-order valence-corrected chi connectivity index (χ1v) is 7.72. The monoisotopic (exact) mass is 292 g/mol. The van der Waals surface area contributed by atoms with Crippen molar-refractivity contribution in [3.8, 4) is 5.75 Å². The summed E-state index contributed by atoms with van der Waals surface area (Å²) in [5.41, 5.74) is 2.26. The summed E-state index contributed by atoms with van der Waals surface area (Å²) in [6.07, 6.45) is 4.86. The molecule has 1 aliphatic carbocycles. The van der Waals surface area contributed by atoms with Gasteiger partial charge < -0.3 is 9.84 Å². The summed E-state index contributed by atoms with van der Waals surface area (Å²) in [5, 5.41) is 11.0. The maximum atomic E-state index is 10.4. The standard InChI is InChI=1S/C17H21ClO2/c1-10-5-11(2)7-12(6-10)17-9-15(19)14-8-13(18)3-4-16(14)20-17/h3-5,8,10,12,15,17,19H,6-7,9H2,1-2H3/t10?,12?,15-,17?/m1/s1. The number of aliphatic hydroxyl groups is 1. The molecular weight excluding hydrogens is 272 g/mol. The zero-order valence-electron chi connectivity index (χ0n) is 12.0. The van der Waals surface area contributed by atoms with Crippen LogP contribution in [0, 0.1) is 11.8 Å². The molecule has 3 heteroatoms.